The van der Waals surface area contributed by atoms with Crippen LogP contribution in [0.1, 0.15) is 15.9 Å². The van der Waals surface area contributed by atoms with E-state index in [4.69, 9.17) is 9.47 Å². The maximum atomic E-state index is 12.0. The van der Waals surface area contributed by atoms with E-state index in [1.165, 1.54) is 7.11 Å². The van der Waals surface area contributed by atoms with Crippen LogP contribution in [0.4, 0.5) is 5.69 Å². The summed E-state index contributed by atoms with van der Waals surface area (Å²) >= 11 is 3.27. The van der Waals surface area contributed by atoms with E-state index in [0.717, 1.165) is 5.56 Å². The van der Waals surface area contributed by atoms with Gasteiger partial charge < -0.3 is 14.8 Å². The molecule has 5 nitrogen and oxygen atoms in total. The number of anilines is 1. The molecule has 2 aromatic rings. The van der Waals surface area contributed by atoms with Gasteiger partial charge in [0.2, 0.25) is 0 Å². The second-order valence-electron chi connectivity index (χ2n) is 4.81. The standard InChI is InChI=1S/C17H16BrNO4/c1-11-3-5-12(6-4-11)19-16(21)10-23-17-13(9-20)14(18)7-8-15(17)22-2/h3-9H,10H2,1-2H3,(H,19,21). The van der Waals surface area contributed by atoms with Crippen molar-refractivity contribution in [3.63, 3.8) is 0 Å². The van der Waals surface area contributed by atoms with Gasteiger partial charge in [-0.3, -0.25) is 9.59 Å². The fraction of sp³-hybridized carbons (Fsp3) is 0.176. The Morgan fingerprint density at radius 3 is 2.52 bits per heavy atom. The minimum atomic E-state index is -0.326. The van der Waals surface area contributed by atoms with E-state index in [0.29, 0.717) is 27.8 Å². The number of aldehydes is 1. The van der Waals surface area contributed by atoms with Crippen molar-refractivity contribution in [1.29, 1.82) is 0 Å². The van der Waals surface area contributed by atoms with Crippen molar-refractivity contribution in [2.24, 2.45) is 0 Å². The number of amides is 1. The van der Waals surface area contributed by atoms with Crippen molar-refractivity contribution in [2.45, 2.75) is 6.92 Å². The number of ether oxygens (including phenoxy) is 2. The molecule has 0 aliphatic heterocycles. The average Bonchev–Trinajstić information content (AvgIpc) is 2.55. The molecule has 0 saturated heterocycles. The SMILES string of the molecule is COc1ccc(Br)c(C=O)c1OCC(=O)Nc1ccc(C)cc1. The third-order valence-corrected chi connectivity index (χ3v) is 3.82. The molecule has 0 fully saturated rings. The maximum Gasteiger partial charge on any atom is 0.262 e. The fourth-order valence-electron chi connectivity index (χ4n) is 1.95. The summed E-state index contributed by atoms with van der Waals surface area (Å²) < 4.78 is 11.2. The van der Waals surface area contributed by atoms with E-state index < -0.39 is 0 Å². The summed E-state index contributed by atoms with van der Waals surface area (Å²) in [6, 6.07) is 10.8. The predicted molar refractivity (Wildman–Crippen MR) is 91.4 cm³/mol. The number of carbonyl (C=O) groups is 2. The van der Waals surface area contributed by atoms with Crippen LogP contribution in [0.15, 0.2) is 40.9 Å². The van der Waals surface area contributed by atoms with Crippen molar-refractivity contribution in [1.82, 2.24) is 0 Å². The Labute approximate surface area is 142 Å². The smallest absolute Gasteiger partial charge is 0.262 e. The van der Waals surface area contributed by atoms with Crippen molar-refractivity contribution >= 4 is 33.8 Å². The summed E-state index contributed by atoms with van der Waals surface area (Å²) in [6.07, 6.45) is 0.653. The van der Waals surface area contributed by atoms with Crippen LogP contribution in [0.3, 0.4) is 0 Å². The summed E-state index contributed by atoms with van der Waals surface area (Å²) in [5, 5.41) is 2.72. The zero-order valence-electron chi connectivity index (χ0n) is 12.8. The number of hydrogen-bond acceptors (Lipinski definition) is 4. The van der Waals surface area contributed by atoms with Crippen LogP contribution in [0.25, 0.3) is 0 Å². The molecule has 0 unspecified atom stereocenters. The first kappa shape index (κ1) is 17.0. The highest BCUT2D eigenvalue weighted by Gasteiger charge is 2.15. The van der Waals surface area contributed by atoms with Gasteiger partial charge >= 0.3 is 0 Å². The highest BCUT2D eigenvalue weighted by atomic mass is 79.9. The zero-order valence-corrected chi connectivity index (χ0v) is 14.3. The van der Waals surface area contributed by atoms with Crippen molar-refractivity contribution in [3.05, 3.63) is 52.0 Å². The topological polar surface area (TPSA) is 64.6 Å². The van der Waals surface area contributed by atoms with Gasteiger partial charge in [-0.1, -0.05) is 17.7 Å². The predicted octanol–water partition coefficient (Wildman–Crippen LogP) is 3.60. The molecular formula is C17H16BrNO4. The second kappa shape index (κ2) is 7.78. The van der Waals surface area contributed by atoms with Crippen LogP contribution < -0.4 is 14.8 Å². The third-order valence-electron chi connectivity index (χ3n) is 3.13. The molecule has 1 N–H and O–H groups in total. The number of aryl methyl sites for hydroxylation is 1. The van der Waals surface area contributed by atoms with Gasteiger partial charge in [0.25, 0.3) is 5.91 Å². The summed E-state index contributed by atoms with van der Waals surface area (Å²) in [4.78, 5) is 23.2. The lowest BCUT2D eigenvalue weighted by atomic mass is 10.2. The Kier molecular flexibility index (Phi) is 5.76. The largest absolute Gasteiger partial charge is 0.493 e. The molecule has 0 aliphatic carbocycles. The van der Waals surface area contributed by atoms with Gasteiger partial charge in [0.15, 0.2) is 24.4 Å². The number of hydrogen-bond donors (Lipinski definition) is 1. The lowest BCUT2D eigenvalue weighted by Crippen LogP contribution is -2.20. The van der Waals surface area contributed by atoms with Crippen LogP contribution in [0.5, 0.6) is 11.5 Å². The van der Waals surface area contributed by atoms with Gasteiger partial charge in [-0.2, -0.15) is 0 Å². The van der Waals surface area contributed by atoms with Gasteiger partial charge in [-0.05, 0) is 47.1 Å². The monoisotopic (exact) mass is 377 g/mol. The first-order valence-electron chi connectivity index (χ1n) is 6.86. The highest BCUT2D eigenvalue weighted by Crippen LogP contribution is 2.35. The Balaban J connectivity index is 2.08. The third kappa shape index (κ3) is 4.32. The Hall–Kier alpha value is -2.34. The van der Waals surface area contributed by atoms with Gasteiger partial charge in [0.1, 0.15) is 0 Å². The summed E-state index contributed by atoms with van der Waals surface area (Å²) in [5.41, 5.74) is 2.09. The first-order valence-corrected chi connectivity index (χ1v) is 7.65. The molecule has 0 heterocycles. The molecular weight excluding hydrogens is 362 g/mol. The second-order valence-corrected chi connectivity index (χ2v) is 5.67. The van der Waals surface area contributed by atoms with Gasteiger partial charge in [0, 0.05) is 10.2 Å². The molecule has 6 heteroatoms. The number of nitrogens with one attached hydrogen (secondary N) is 1. The minimum Gasteiger partial charge on any atom is -0.493 e. The van der Waals surface area contributed by atoms with Gasteiger partial charge in [-0.15, -0.1) is 0 Å². The Morgan fingerprint density at radius 2 is 1.91 bits per heavy atom. The van der Waals surface area contributed by atoms with Crippen molar-refractivity contribution < 1.29 is 19.1 Å². The number of carbonyl (C=O) groups excluding carboxylic acids is 2. The molecule has 0 spiro atoms. The number of methoxy groups -OCH3 is 1. The fourth-order valence-corrected chi connectivity index (χ4v) is 2.35. The molecule has 0 atom stereocenters. The van der Waals surface area contributed by atoms with Crippen LogP contribution in [-0.4, -0.2) is 25.9 Å². The lowest BCUT2D eigenvalue weighted by Gasteiger charge is -2.13. The summed E-state index contributed by atoms with van der Waals surface area (Å²) in [7, 11) is 1.47. The van der Waals surface area contributed by atoms with E-state index >= 15 is 0 Å². The molecule has 2 aromatic carbocycles. The van der Waals surface area contributed by atoms with E-state index in [2.05, 4.69) is 21.2 Å². The van der Waals surface area contributed by atoms with Crippen LogP contribution in [-0.2, 0) is 4.79 Å². The number of benzene rings is 2. The number of rotatable bonds is 6. The van der Waals surface area contributed by atoms with E-state index in [-0.39, 0.29) is 18.3 Å². The van der Waals surface area contributed by atoms with Gasteiger partial charge in [0.05, 0.1) is 12.7 Å². The van der Waals surface area contributed by atoms with Crippen molar-refractivity contribution in [3.8, 4) is 11.5 Å². The van der Waals surface area contributed by atoms with Crippen LogP contribution in [0, 0.1) is 6.92 Å². The molecule has 0 aliphatic rings. The van der Waals surface area contributed by atoms with E-state index in [9.17, 15) is 9.59 Å². The molecule has 2 rings (SSSR count). The zero-order chi connectivity index (χ0) is 16.8. The summed E-state index contributed by atoms with van der Waals surface area (Å²) in [5.74, 6) is 0.294. The minimum absolute atomic E-state index is 0.232. The normalized spacial score (nSPS) is 10.0. The number of halogens is 1. The molecule has 0 saturated carbocycles. The molecule has 0 radical (unpaired) electrons. The quantitative estimate of drug-likeness (QED) is 0.781. The van der Waals surface area contributed by atoms with Gasteiger partial charge in [-0.25, -0.2) is 0 Å². The Bertz CT molecular complexity index is 713. The first-order chi connectivity index (χ1) is 11.0. The molecule has 0 aromatic heterocycles. The van der Waals surface area contributed by atoms with E-state index in [1.54, 1.807) is 12.1 Å². The highest BCUT2D eigenvalue weighted by molar-refractivity contribution is 9.10. The molecule has 1 amide bonds. The molecule has 23 heavy (non-hydrogen) atoms. The Morgan fingerprint density at radius 1 is 1.22 bits per heavy atom. The van der Waals surface area contributed by atoms with E-state index in [1.807, 2.05) is 31.2 Å². The van der Waals surface area contributed by atoms with Crippen LogP contribution >= 0.6 is 15.9 Å². The average molecular weight is 378 g/mol. The maximum absolute atomic E-state index is 12.0. The molecule has 120 valence electrons. The summed E-state index contributed by atoms with van der Waals surface area (Å²) in [6.45, 7) is 1.73. The lowest BCUT2D eigenvalue weighted by molar-refractivity contribution is -0.118. The van der Waals surface area contributed by atoms with Crippen LogP contribution in [0.2, 0.25) is 0 Å². The van der Waals surface area contributed by atoms with Crippen molar-refractivity contribution in [2.75, 3.05) is 19.0 Å². The molecule has 0 bridgehead atoms.